The molecule has 0 radical (unpaired) electrons. The first-order valence-corrected chi connectivity index (χ1v) is 20.6. The lowest BCUT2D eigenvalue weighted by molar-refractivity contribution is -0.148. The summed E-state index contributed by atoms with van der Waals surface area (Å²) in [6.45, 7) is 12.4. The van der Waals surface area contributed by atoms with Gasteiger partial charge in [-0.1, -0.05) is 102 Å². The minimum Gasteiger partial charge on any atom is -0.479 e. The number of rotatable bonds is 17. The average molecular weight is 826 g/mol. The molecule has 58 heavy (non-hydrogen) atoms. The summed E-state index contributed by atoms with van der Waals surface area (Å²) < 4.78 is 45.8. The Labute approximate surface area is 338 Å². The summed E-state index contributed by atoms with van der Waals surface area (Å²) in [6.07, 6.45) is -2.80. The molecule has 17 nitrogen and oxygen atoms in total. The van der Waals surface area contributed by atoms with Gasteiger partial charge in [0.2, 0.25) is 11.8 Å². The topological polar surface area (TPSA) is 231 Å². The number of imidazole rings is 1. The molecular weight excluding hydrogens is 769 g/mol. The predicted molar refractivity (Wildman–Crippen MR) is 215 cm³/mol. The zero-order valence-corrected chi connectivity index (χ0v) is 35.1. The van der Waals surface area contributed by atoms with Crippen LogP contribution in [0.2, 0.25) is 0 Å². The molecule has 0 saturated carbocycles. The van der Waals surface area contributed by atoms with E-state index in [0.29, 0.717) is 0 Å². The number of anilines is 1. The third kappa shape index (κ3) is 11.6. The number of hydrogen-bond acceptors (Lipinski definition) is 14. The van der Waals surface area contributed by atoms with Crippen molar-refractivity contribution in [3.8, 4) is 5.88 Å². The predicted octanol–water partition coefficient (Wildman–Crippen LogP) is 4.13. The normalized spacial score (nSPS) is 21.1. The van der Waals surface area contributed by atoms with Crippen LogP contribution in [0.5, 0.6) is 5.88 Å². The maximum atomic E-state index is 15.3. The fraction of sp³-hybridized carbons (Fsp3) is 0.525. The fourth-order valence-corrected chi connectivity index (χ4v) is 7.93. The van der Waals surface area contributed by atoms with Crippen LogP contribution in [0.15, 0.2) is 67.0 Å². The quantitative estimate of drug-likeness (QED) is 0.0744. The number of aliphatic hydroxyl groups excluding tert-OH is 1. The van der Waals surface area contributed by atoms with E-state index >= 15 is 4.57 Å². The molecule has 6 atom stereocenters. The van der Waals surface area contributed by atoms with E-state index in [4.69, 9.17) is 29.2 Å². The van der Waals surface area contributed by atoms with Crippen molar-refractivity contribution in [3.05, 3.63) is 78.1 Å². The number of nitrogen functional groups attached to an aromatic ring is 1. The second-order valence-corrected chi connectivity index (χ2v) is 18.9. The van der Waals surface area contributed by atoms with Crippen LogP contribution in [0.4, 0.5) is 5.95 Å². The summed E-state index contributed by atoms with van der Waals surface area (Å²) in [4.78, 5) is 40.2. The standard InChI is InChI=1S/C40H56N7O10P/c1-38(2,3)22-54-34(49)27(19-25-15-11-9-12-16-25)45-58(52,46-28(20-26-17-13-10-14-18-26)35(50)55-23-39(4,5)6)56-21-29-31(48)40(7,51)36(57-29)47-24-42-30-32(47)43-37(41)44-33(30)53-8/h9-18,24,27-29,31,36,48,51H,19-23H2,1-8H3,(H2,41,43,44)(H2,45,46,52)/t27-,28-,29?,31+,36+,40+/m0/s1. The molecule has 1 saturated heterocycles. The number of carbonyl (C=O) groups is 2. The number of nitrogens with one attached hydrogen (secondary N) is 2. The van der Waals surface area contributed by atoms with Gasteiger partial charge in [0.05, 0.1) is 33.3 Å². The Bertz CT molecular complexity index is 1970. The number of hydrogen-bond donors (Lipinski definition) is 5. The molecule has 18 heteroatoms. The molecule has 1 aliphatic heterocycles. The second-order valence-electron chi connectivity index (χ2n) is 17.0. The first-order chi connectivity index (χ1) is 27.2. The van der Waals surface area contributed by atoms with E-state index < -0.39 is 62.3 Å². The molecule has 0 bridgehead atoms. The smallest absolute Gasteiger partial charge is 0.342 e. The van der Waals surface area contributed by atoms with E-state index in [1.54, 1.807) is 0 Å². The zero-order chi connectivity index (χ0) is 42.5. The minimum atomic E-state index is -4.55. The van der Waals surface area contributed by atoms with E-state index in [1.807, 2.05) is 102 Å². The van der Waals surface area contributed by atoms with Gasteiger partial charge in [0.25, 0.3) is 0 Å². The lowest BCUT2D eigenvalue weighted by Crippen LogP contribution is -2.48. The minimum absolute atomic E-state index is 0.0398. The number of aliphatic hydroxyl groups is 2. The van der Waals surface area contributed by atoms with Crippen LogP contribution < -0.4 is 20.6 Å². The molecule has 6 N–H and O–H groups in total. The molecule has 0 spiro atoms. The molecule has 1 unspecified atom stereocenters. The van der Waals surface area contributed by atoms with Crippen LogP contribution in [0.1, 0.15) is 65.8 Å². The van der Waals surface area contributed by atoms with Crippen molar-refractivity contribution in [3.63, 3.8) is 0 Å². The Morgan fingerprint density at radius 1 is 0.914 bits per heavy atom. The number of nitrogens with zero attached hydrogens (tertiary/aromatic N) is 4. The Hall–Kier alpha value is -4.48. The number of aromatic nitrogens is 4. The molecule has 4 aromatic rings. The summed E-state index contributed by atoms with van der Waals surface area (Å²) in [7, 11) is -3.15. The summed E-state index contributed by atoms with van der Waals surface area (Å²) >= 11 is 0. The first-order valence-electron chi connectivity index (χ1n) is 19.0. The highest BCUT2D eigenvalue weighted by molar-refractivity contribution is 7.54. The van der Waals surface area contributed by atoms with Gasteiger partial charge in [-0.25, -0.2) is 15.2 Å². The number of nitrogens with two attached hydrogens (primary N) is 1. The van der Waals surface area contributed by atoms with Crippen molar-refractivity contribution >= 4 is 36.7 Å². The van der Waals surface area contributed by atoms with Crippen molar-refractivity contribution < 1.29 is 47.8 Å². The molecule has 3 heterocycles. The van der Waals surface area contributed by atoms with Gasteiger partial charge in [0.15, 0.2) is 17.4 Å². The lowest BCUT2D eigenvalue weighted by Gasteiger charge is -2.30. The summed E-state index contributed by atoms with van der Waals surface area (Å²) in [5, 5.41) is 28.9. The fourth-order valence-electron chi connectivity index (χ4n) is 6.14. The molecule has 2 aromatic carbocycles. The van der Waals surface area contributed by atoms with Gasteiger partial charge < -0.3 is 39.4 Å². The number of ether oxygens (including phenoxy) is 4. The highest BCUT2D eigenvalue weighted by Crippen LogP contribution is 2.45. The van der Waals surface area contributed by atoms with Gasteiger partial charge in [0, 0.05) is 0 Å². The number of methoxy groups -OCH3 is 1. The van der Waals surface area contributed by atoms with Gasteiger partial charge in [-0.2, -0.15) is 9.97 Å². The molecule has 0 amide bonds. The SMILES string of the molecule is COc1nc(N)nc2c1ncn2[C@@H]1OC(COP(=O)(N[C@@H](Cc2ccccc2)C(=O)OCC(C)(C)C)N[C@@H](Cc2ccccc2)C(=O)OCC(C)(C)C)[C@@H](O)[C@@]1(C)O. The summed E-state index contributed by atoms with van der Waals surface area (Å²) in [5.74, 6) is -1.44. The molecule has 0 aliphatic carbocycles. The number of carbonyl (C=O) groups excluding carboxylic acids is 2. The number of fused-ring (bicyclic) bond motifs is 1. The monoisotopic (exact) mass is 825 g/mol. The van der Waals surface area contributed by atoms with Crippen LogP contribution in [-0.4, -0.2) is 98.5 Å². The third-order valence-corrected chi connectivity index (χ3v) is 10.9. The highest BCUT2D eigenvalue weighted by atomic mass is 31.2. The first kappa shape index (κ1) is 44.6. The molecule has 5 rings (SSSR count). The molecule has 316 valence electrons. The number of benzene rings is 2. The zero-order valence-electron chi connectivity index (χ0n) is 34.2. The van der Waals surface area contributed by atoms with Gasteiger partial charge >= 0.3 is 19.6 Å². The van der Waals surface area contributed by atoms with Crippen molar-refractivity contribution in [2.24, 2.45) is 10.8 Å². The second kappa shape index (κ2) is 18.2. The van der Waals surface area contributed by atoms with E-state index in [2.05, 4.69) is 25.1 Å². The molecule has 1 fully saturated rings. The van der Waals surface area contributed by atoms with Crippen molar-refractivity contribution in [1.29, 1.82) is 0 Å². The van der Waals surface area contributed by atoms with Gasteiger partial charge in [-0.05, 0) is 41.7 Å². The highest BCUT2D eigenvalue weighted by Gasteiger charge is 2.54. The molecular formula is C40H56N7O10P. The van der Waals surface area contributed by atoms with Crippen molar-refractivity contribution in [2.45, 2.75) is 97.4 Å². The van der Waals surface area contributed by atoms with Crippen molar-refractivity contribution in [2.75, 3.05) is 32.7 Å². The van der Waals surface area contributed by atoms with E-state index in [-0.39, 0.29) is 59.9 Å². The Balaban J connectivity index is 1.49. The van der Waals surface area contributed by atoms with Crippen LogP contribution in [0.3, 0.4) is 0 Å². The summed E-state index contributed by atoms with van der Waals surface area (Å²) in [5.41, 5.74) is 5.03. The third-order valence-electron chi connectivity index (χ3n) is 9.11. The summed E-state index contributed by atoms with van der Waals surface area (Å²) in [6, 6.07) is 15.7. The van der Waals surface area contributed by atoms with Gasteiger partial charge in [0.1, 0.15) is 29.9 Å². The maximum absolute atomic E-state index is 15.3. The van der Waals surface area contributed by atoms with Crippen LogP contribution in [-0.2, 0) is 45.7 Å². The van der Waals surface area contributed by atoms with E-state index in [9.17, 15) is 19.8 Å². The average Bonchev–Trinajstić information content (AvgIpc) is 3.67. The Morgan fingerprint density at radius 3 is 1.88 bits per heavy atom. The Morgan fingerprint density at radius 2 is 1.41 bits per heavy atom. The maximum Gasteiger partial charge on any atom is 0.342 e. The van der Waals surface area contributed by atoms with Crippen molar-refractivity contribution in [1.82, 2.24) is 29.7 Å². The lowest BCUT2D eigenvalue weighted by atomic mass is 9.96. The van der Waals surface area contributed by atoms with Crippen LogP contribution in [0.25, 0.3) is 11.2 Å². The van der Waals surface area contributed by atoms with E-state index in [0.717, 1.165) is 11.1 Å². The van der Waals surface area contributed by atoms with Crippen LogP contribution >= 0.6 is 7.67 Å². The largest absolute Gasteiger partial charge is 0.479 e. The molecule has 2 aromatic heterocycles. The van der Waals surface area contributed by atoms with Gasteiger partial charge in [-0.15, -0.1) is 0 Å². The van der Waals surface area contributed by atoms with Crippen LogP contribution in [0, 0.1) is 10.8 Å². The molecule has 1 aliphatic rings. The van der Waals surface area contributed by atoms with Gasteiger partial charge in [-0.3, -0.25) is 18.7 Å². The number of esters is 2. The Kier molecular flexibility index (Phi) is 14.0. The van der Waals surface area contributed by atoms with E-state index in [1.165, 1.54) is 24.9 Å².